The largest absolute Gasteiger partial charge is 1.00 e. The third-order valence-corrected chi connectivity index (χ3v) is 3.76. The molecule has 0 atom stereocenters. The average Bonchev–Trinajstić information content (AvgIpc) is 2.45. The van der Waals surface area contributed by atoms with Crippen molar-refractivity contribution in [3.8, 4) is 0 Å². The quantitative estimate of drug-likeness (QED) is 0.247. The summed E-state index contributed by atoms with van der Waals surface area (Å²) >= 11 is 0. The molecular formula is C18H12BLi. The van der Waals surface area contributed by atoms with Crippen LogP contribution in [0.5, 0.6) is 0 Å². The van der Waals surface area contributed by atoms with E-state index in [1.54, 1.807) is 0 Å². The van der Waals surface area contributed by atoms with E-state index in [1.807, 2.05) is 12.1 Å². The van der Waals surface area contributed by atoms with Gasteiger partial charge in [0.15, 0.2) is 0 Å². The second kappa shape index (κ2) is 5.02. The average molecular weight is 246 g/mol. The van der Waals surface area contributed by atoms with Crippen LogP contribution in [0.4, 0.5) is 0 Å². The van der Waals surface area contributed by atoms with E-state index >= 15 is 0 Å². The molecule has 0 nitrogen and oxygen atoms in total. The molecule has 0 aliphatic rings. The molecule has 88 valence electrons. The Morgan fingerprint density at radius 3 is 2.10 bits per heavy atom. The molecule has 0 heterocycles. The van der Waals surface area contributed by atoms with Crippen LogP contribution in [0.2, 0.25) is 0 Å². The first kappa shape index (κ1) is 13.3. The van der Waals surface area contributed by atoms with Crippen molar-refractivity contribution in [3.63, 3.8) is 0 Å². The molecule has 0 saturated heterocycles. The molecular weight excluding hydrogens is 234 g/mol. The molecule has 0 bridgehead atoms. The number of hydrogen-bond donors (Lipinski definition) is 0. The molecule has 4 rings (SSSR count). The summed E-state index contributed by atoms with van der Waals surface area (Å²) in [5.74, 6) is 0. The Balaban J connectivity index is 0.000000807. The monoisotopic (exact) mass is 246 g/mol. The van der Waals surface area contributed by atoms with E-state index in [0.29, 0.717) is 0 Å². The van der Waals surface area contributed by atoms with Crippen LogP contribution in [0.15, 0.2) is 66.7 Å². The van der Waals surface area contributed by atoms with Crippen molar-refractivity contribution >= 4 is 45.6 Å². The van der Waals surface area contributed by atoms with Crippen LogP contribution >= 0.6 is 0 Å². The van der Waals surface area contributed by atoms with Crippen LogP contribution in [0.3, 0.4) is 0 Å². The van der Waals surface area contributed by atoms with Crippen molar-refractivity contribution in [3.05, 3.63) is 66.7 Å². The number of fused-ring (bicyclic) bond motifs is 4. The van der Waals surface area contributed by atoms with Gasteiger partial charge in [0.2, 0.25) is 0 Å². The third-order valence-electron chi connectivity index (χ3n) is 3.76. The number of benzene rings is 4. The van der Waals surface area contributed by atoms with E-state index in [-0.39, 0.29) is 20.3 Å². The molecule has 0 unspecified atom stereocenters. The molecule has 0 fully saturated rings. The van der Waals surface area contributed by atoms with E-state index in [4.69, 9.17) is 7.85 Å². The molecule has 0 aliphatic carbocycles. The van der Waals surface area contributed by atoms with E-state index in [0.717, 1.165) is 10.8 Å². The first-order valence-electron chi connectivity index (χ1n) is 6.43. The van der Waals surface area contributed by atoms with Gasteiger partial charge < -0.3 is 1.43 Å². The van der Waals surface area contributed by atoms with Crippen LogP contribution < -0.4 is 24.3 Å². The minimum atomic E-state index is 0. The predicted molar refractivity (Wildman–Crippen MR) is 85.5 cm³/mol. The molecule has 20 heavy (non-hydrogen) atoms. The smallest absolute Gasteiger partial charge is 1.00 e. The number of rotatable bonds is 0. The Bertz CT molecular complexity index is 934. The summed E-state index contributed by atoms with van der Waals surface area (Å²) in [5, 5.41) is 7.35. The van der Waals surface area contributed by atoms with Crippen molar-refractivity contribution < 1.29 is 20.3 Å². The van der Waals surface area contributed by atoms with Gasteiger partial charge in [-0.1, -0.05) is 60.1 Å². The van der Waals surface area contributed by atoms with Crippen molar-refractivity contribution in [2.45, 2.75) is 0 Å². The SMILES string of the molecule is [B]c1cccc2ccc3cc4ccccc4cc3c12.[H-].[Li+]. The van der Waals surface area contributed by atoms with Gasteiger partial charge in [0.05, 0.1) is 0 Å². The molecule has 4 aromatic carbocycles. The molecule has 2 radical (unpaired) electrons. The normalized spacial score (nSPS) is 10.8. The summed E-state index contributed by atoms with van der Waals surface area (Å²) in [4.78, 5) is 0. The molecule has 0 aromatic heterocycles. The van der Waals surface area contributed by atoms with Crippen molar-refractivity contribution in [1.82, 2.24) is 0 Å². The van der Waals surface area contributed by atoms with Crippen molar-refractivity contribution in [2.24, 2.45) is 0 Å². The fourth-order valence-corrected chi connectivity index (χ4v) is 2.83. The topological polar surface area (TPSA) is 0 Å². The molecule has 2 heteroatoms. The van der Waals surface area contributed by atoms with E-state index in [9.17, 15) is 0 Å². The van der Waals surface area contributed by atoms with E-state index < -0.39 is 0 Å². The second-order valence-electron chi connectivity index (χ2n) is 4.93. The van der Waals surface area contributed by atoms with E-state index in [2.05, 4.69) is 54.6 Å². The Kier molecular flexibility index (Phi) is 3.34. The van der Waals surface area contributed by atoms with Crippen LogP contribution in [-0.2, 0) is 0 Å². The van der Waals surface area contributed by atoms with Gasteiger partial charge in [-0.05, 0) is 44.5 Å². The first-order valence-corrected chi connectivity index (χ1v) is 6.43. The molecule has 0 amide bonds. The summed E-state index contributed by atoms with van der Waals surface area (Å²) in [6.45, 7) is 0. The van der Waals surface area contributed by atoms with Crippen LogP contribution in [0.25, 0.3) is 32.3 Å². The maximum absolute atomic E-state index is 6.17. The molecule has 0 N–H and O–H groups in total. The van der Waals surface area contributed by atoms with Gasteiger partial charge in [0.1, 0.15) is 7.85 Å². The standard InChI is InChI=1S/C18H11B.Li.H/c19-17-7-3-6-12-8-9-15-10-13-4-1-2-5-14(13)11-16(15)18(12)17;;/h1-11H;;/q;+1;-1. The maximum Gasteiger partial charge on any atom is 1.00 e. The first-order chi connectivity index (χ1) is 9.33. The zero-order valence-electron chi connectivity index (χ0n) is 12.4. The zero-order valence-corrected chi connectivity index (χ0v) is 11.4. The fraction of sp³-hybridized carbons (Fsp3) is 0. The number of hydrogen-bond acceptors (Lipinski definition) is 0. The Labute approximate surface area is 132 Å². The molecule has 0 spiro atoms. The minimum absolute atomic E-state index is 0. The summed E-state index contributed by atoms with van der Waals surface area (Å²) in [6.07, 6.45) is 0. The van der Waals surface area contributed by atoms with Gasteiger partial charge >= 0.3 is 18.9 Å². The summed E-state index contributed by atoms with van der Waals surface area (Å²) in [7, 11) is 6.17. The van der Waals surface area contributed by atoms with Gasteiger partial charge in [-0.3, -0.25) is 0 Å². The second-order valence-corrected chi connectivity index (χ2v) is 4.93. The Morgan fingerprint density at radius 1 is 0.650 bits per heavy atom. The predicted octanol–water partition coefficient (Wildman–Crippen LogP) is 1.06. The van der Waals surface area contributed by atoms with Gasteiger partial charge in [-0.25, -0.2) is 0 Å². The zero-order chi connectivity index (χ0) is 12.8. The molecule has 4 aromatic rings. The summed E-state index contributed by atoms with van der Waals surface area (Å²) < 4.78 is 0. The van der Waals surface area contributed by atoms with E-state index in [1.165, 1.54) is 26.9 Å². The minimum Gasteiger partial charge on any atom is -1.00 e. The Hall–Kier alpha value is -1.68. The summed E-state index contributed by atoms with van der Waals surface area (Å²) in [5.41, 5.74) is 0.846. The van der Waals surface area contributed by atoms with Crippen molar-refractivity contribution in [2.75, 3.05) is 0 Å². The Morgan fingerprint density at radius 2 is 1.30 bits per heavy atom. The fourth-order valence-electron chi connectivity index (χ4n) is 2.83. The van der Waals surface area contributed by atoms with Crippen LogP contribution in [-0.4, -0.2) is 7.85 Å². The van der Waals surface area contributed by atoms with Crippen LogP contribution in [0.1, 0.15) is 1.43 Å². The third kappa shape index (κ3) is 1.95. The van der Waals surface area contributed by atoms with Crippen LogP contribution in [0, 0.1) is 0 Å². The van der Waals surface area contributed by atoms with Gasteiger partial charge in [0.25, 0.3) is 0 Å². The summed E-state index contributed by atoms with van der Waals surface area (Å²) in [6, 6.07) is 23.3. The van der Waals surface area contributed by atoms with Gasteiger partial charge in [-0.15, -0.1) is 0 Å². The van der Waals surface area contributed by atoms with Crippen molar-refractivity contribution in [1.29, 1.82) is 0 Å². The maximum atomic E-state index is 6.17. The molecule has 0 aliphatic heterocycles. The van der Waals surface area contributed by atoms with Gasteiger partial charge in [-0.2, -0.15) is 0 Å². The molecule has 0 saturated carbocycles. The van der Waals surface area contributed by atoms with Gasteiger partial charge in [0, 0.05) is 0 Å².